The van der Waals surface area contributed by atoms with Crippen molar-refractivity contribution < 1.29 is 28.6 Å². The molecule has 3 N–H and O–H groups in total. The van der Waals surface area contributed by atoms with Crippen molar-refractivity contribution in [1.82, 2.24) is 10.3 Å². The number of methoxy groups -OCH3 is 2. The summed E-state index contributed by atoms with van der Waals surface area (Å²) in [6.45, 7) is 3.73. The number of rotatable bonds is 9. The van der Waals surface area contributed by atoms with E-state index in [1.165, 1.54) is 7.11 Å². The molecule has 2 aliphatic rings. The predicted molar refractivity (Wildman–Crippen MR) is 128 cm³/mol. The van der Waals surface area contributed by atoms with Crippen molar-refractivity contribution in [2.75, 3.05) is 14.2 Å². The Balaban J connectivity index is 1.52. The van der Waals surface area contributed by atoms with Gasteiger partial charge in [0.05, 0.1) is 32.1 Å². The van der Waals surface area contributed by atoms with E-state index in [2.05, 4.69) is 22.0 Å². The lowest BCUT2D eigenvalue weighted by molar-refractivity contribution is -0.147. The Labute approximate surface area is 202 Å². The maximum atomic E-state index is 13.0. The van der Waals surface area contributed by atoms with Gasteiger partial charge in [-0.1, -0.05) is 6.08 Å². The molecule has 1 aromatic heterocycles. The molecule has 0 aliphatic heterocycles. The fourth-order valence-electron chi connectivity index (χ4n) is 4.63. The van der Waals surface area contributed by atoms with Gasteiger partial charge in [0.15, 0.2) is 0 Å². The Morgan fingerprint density at radius 2 is 2.06 bits per heavy atom. The average molecular weight is 481 g/mol. The van der Waals surface area contributed by atoms with Gasteiger partial charge in [-0.25, -0.2) is 9.78 Å². The lowest BCUT2D eigenvalue weighted by atomic mass is 10.1. The number of fused-ring (bicyclic) bond motifs is 1. The highest BCUT2D eigenvalue weighted by Crippen LogP contribution is 2.46. The van der Waals surface area contributed by atoms with Crippen LogP contribution in [-0.2, 0) is 14.3 Å². The van der Waals surface area contributed by atoms with Gasteiger partial charge >= 0.3 is 5.97 Å². The molecule has 2 saturated carbocycles. The molecule has 35 heavy (non-hydrogen) atoms. The second-order valence-electron chi connectivity index (χ2n) is 8.78. The average Bonchev–Trinajstić information content (AvgIpc) is 3.38. The van der Waals surface area contributed by atoms with Gasteiger partial charge in [-0.3, -0.25) is 9.59 Å². The van der Waals surface area contributed by atoms with E-state index < -0.39 is 17.3 Å². The first-order valence-electron chi connectivity index (χ1n) is 11.3. The second kappa shape index (κ2) is 9.73. The molecule has 2 fully saturated rings. The van der Waals surface area contributed by atoms with E-state index >= 15 is 0 Å². The number of hydrazone groups is 1. The monoisotopic (exact) mass is 480 g/mol. The number of amides is 1. The number of benzene rings is 1. The molecule has 10 heteroatoms. The summed E-state index contributed by atoms with van der Waals surface area (Å²) in [4.78, 5) is 42.0. The summed E-state index contributed by atoms with van der Waals surface area (Å²) < 4.78 is 16.4. The van der Waals surface area contributed by atoms with E-state index in [-0.39, 0.29) is 29.5 Å². The fourth-order valence-corrected chi connectivity index (χ4v) is 4.63. The molecule has 0 spiro atoms. The third-order valence-electron chi connectivity index (χ3n) is 6.67. The van der Waals surface area contributed by atoms with Crippen molar-refractivity contribution in [2.24, 2.45) is 22.8 Å². The van der Waals surface area contributed by atoms with Crippen LogP contribution in [0.25, 0.3) is 10.9 Å². The van der Waals surface area contributed by atoms with Gasteiger partial charge in [-0.05, 0) is 37.8 Å². The molecule has 0 saturated heterocycles. The third kappa shape index (κ3) is 4.68. The molecule has 1 amide bonds. The maximum Gasteiger partial charge on any atom is 0.332 e. The highest BCUT2D eigenvalue weighted by Gasteiger charge is 2.61. The van der Waals surface area contributed by atoms with Gasteiger partial charge in [-0.15, -0.1) is 6.58 Å². The van der Waals surface area contributed by atoms with Crippen LogP contribution >= 0.6 is 0 Å². The van der Waals surface area contributed by atoms with Gasteiger partial charge in [0, 0.05) is 29.4 Å². The summed E-state index contributed by atoms with van der Waals surface area (Å²) in [5.41, 5.74) is -0.370. The van der Waals surface area contributed by atoms with Gasteiger partial charge in [0.2, 0.25) is 11.7 Å². The Morgan fingerprint density at radius 3 is 2.71 bits per heavy atom. The summed E-state index contributed by atoms with van der Waals surface area (Å²) in [7, 11) is 2.85. The van der Waals surface area contributed by atoms with Crippen LogP contribution in [0.15, 0.2) is 42.0 Å². The maximum absolute atomic E-state index is 13.0. The number of carbonyl (C=O) groups is 3. The summed E-state index contributed by atoms with van der Waals surface area (Å²) >= 11 is 0. The number of nitrogens with zero attached hydrogens (tertiary/aromatic N) is 2. The molecule has 1 heterocycles. The normalized spacial score (nSPS) is 25.3. The zero-order chi connectivity index (χ0) is 25.2. The number of hydrogen-bond donors (Lipinski definition) is 2. The Morgan fingerprint density at radius 1 is 1.26 bits per heavy atom. The summed E-state index contributed by atoms with van der Waals surface area (Å²) in [5, 5.41) is 6.88. The van der Waals surface area contributed by atoms with Gasteiger partial charge < -0.3 is 25.4 Å². The standard InChI is InChI=1S/C25H28N4O6/c1-4-15-12-25(15,24(32)34-3)29-23(31)14-5-6-17(9-14)35-22-11-20(21(30)13-27-26)28-19-10-16(33-2)7-8-18(19)22/h4,7-8,10-11,13-15,17H,1,5-6,9,12,26H2,2-3H3,(H,29,31)/b27-13+/t14-,15-,17?,25+/m0/s1. The molecule has 2 aliphatic carbocycles. The molecule has 0 bridgehead atoms. The summed E-state index contributed by atoms with van der Waals surface area (Å²) in [5.74, 6) is 4.61. The van der Waals surface area contributed by atoms with Crippen molar-refractivity contribution in [3.8, 4) is 11.5 Å². The van der Waals surface area contributed by atoms with Crippen LogP contribution in [0, 0.1) is 11.8 Å². The highest BCUT2D eigenvalue weighted by molar-refractivity contribution is 6.35. The molecular weight excluding hydrogens is 452 g/mol. The molecule has 0 radical (unpaired) electrons. The minimum absolute atomic E-state index is 0.131. The zero-order valence-electron chi connectivity index (χ0n) is 19.7. The van der Waals surface area contributed by atoms with E-state index in [4.69, 9.17) is 20.1 Å². The predicted octanol–water partition coefficient (Wildman–Crippen LogP) is 2.15. The number of carbonyl (C=O) groups excluding carboxylic acids is 3. The van der Waals surface area contributed by atoms with E-state index in [0.717, 1.165) is 6.21 Å². The van der Waals surface area contributed by atoms with Crippen LogP contribution in [0.5, 0.6) is 11.5 Å². The molecule has 184 valence electrons. The number of pyridine rings is 1. The largest absolute Gasteiger partial charge is 0.497 e. The van der Waals surface area contributed by atoms with Crippen LogP contribution in [0.1, 0.15) is 36.2 Å². The Bertz CT molecular complexity index is 1210. The summed E-state index contributed by atoms with van der Waals surface area (Å²) in [6.07, 6.45) is 4.59. The molecule has 1 aromatic carbocycles. The molecule has 4 atom stereocenters. The van der Waals surface area contributed by atoms with Crippen molar-refractivity contribution in [3.05, 3.63) is 42.6 Å². The quantitative estimate of drug-likeness (QED) is 0.139. The minimum atomic E-state index is -1.02. The van der Waals surface area contributed by atoms with Gasteiger partial charge in [-0.2, -0.15) is 5.10 Å². The third-order valence-corrected chi connectivity index (χ3v) is 6.67. The van der Waals surface area contributed by atoms with Crippen molar-refractivity contribution in [3.63, 3.8) is 0 Å². The number of nitrogens with two attached hydrogens (primary N) is 1. The van der Waals surface area contributed by atoms with E-state index in [0.29, 0.717) is 48.1 Å². The van der Waals surface area contributed by atoms with Gasteiger partial charge in [0.1, 0.15) is 22.7 Å². The zero-order valence-corrected chi connectivity index (χ0v) is 19.7. The number of ketones is 1. The first kappa shape index (κ1) is 24.2. The number of ether oxygens (including phenoxy) is 3. The molecule has 4 rings (SSSR count). The number of nitrogens with one attached hydrogen (secondary N) is 1. The molecule has 2 aromatic rings. The number of hydrogen-bond acceptors (Lipinski definition) is 9. The van der Waals surface area contributed by atoms with E-state index in [9.17, 15) is 14.4 Å². The van der Waals surface area contributed by atoms with Crippen LogP contribution in [0.4, 0.5) is 0 Å². The number of Topliss-reactive ketones (excluding diaryl/α,β-unsaturated/α-hetero) is 1. The first-order valence-corrected chi connectivity index (χ1v) is 11.3. The lowest BCUT2D eigenvalue weighted by Crippen LogP contribution is -2.47. The van der Waals surface area contributed by atoms with Crippen molar-refractivity contribution in [1.29, 1.82) is 0 Å². The molecular formula is C25H28N4O6. The smallest absolute Gasteiger partial charge is 0.332 e. The van der Waals surface area contributed by atoms with E-state index in [1.54, 1.807) is 31.4 Å². The van der Waals surface area contributed by atoms with Crippen LogP contribution in [0.2, 0.25) is 0 Å². The summed E-state index contributed by atoms with van der Waals surface area (Å²) in [6, 6.07) is 6.85. The number of esters is 1. The highest BCUT2D eigenvalue weighted by atomic mass is 16.5. The van der Waals surface area contributed by atoms with Gasteiger partial charge in [0.25, 0.3) is 0 Å². The number of aromatic nitrogens is 1. The lowest BCUT2D eigenvalue weighted by Gasteiger charge is -2.20. The first-order chi connectivity index (χ1) is 16.8. The molecule has 10 nitrogen and oxygen atoms in total. The topological polar surface area (TPSA) is 142 Å². The molecule has 1 unspecified atom stereocenters. The van der Waals surface area contributed by atoms with Crippen molar-refractivity contribution >= 4 is 34.8 Å². The van der Waals surface area contributed by atoms with Crippen LogP contribution in [0.3, 0.4) is 0 Å². The Kier molecular flexibility index (Phi) is 6.72. The SMILES string of the molecule is C=C[C@H]1C[C@]1(NC(=O)[C@H]1CCC(Oc2cc(C(=O)/C=N/N)nc3cc(OC)ccc23)C1)C(=O)OC. The van der Waals surface area contributed by atoms with Crippen LogP contribution < -0.4 is 20.6 Å². The Hall–Kier alpha value is -3.95. The minimum Gasteiger partial charge on any atom is -0.497 e. The van der Waals surface area contributed by atoms with Crippen molar-refractivity contribution in [2.45, 2.75) is 37.3 Å². The van der Waals surface area contributed by atoms with E-state index in [1.807, 2.05) is 6.07 Å². The fraction of sp³-hybridized carbons (Fsp3) is 0.400. The van der Waals surface area contributed by atoms with Crippen LogP contribution in [-0.4, -0.2) is 54.7 Å². The second-order valence-corrected chi connectivity index (χ2v) is 8.78.